The van der Waals surface area contributed by atoms with Gasteiger partial charge in [-0.3, -0.25) is 0 Å². The fraction of sp³-hybridized carbons (Fsp3) is 0.455. The van der Waals surface area contributed by atoms with E-state index in [1.54, 1.807) is 24.3 Å². The maximum absolute atomic E-state index is 12.0. The summed E-state index contributed by atoms with van der Waals surface area (Å²) in [7, 11) is -3.41. The van der Waals surface area contributed by atoms with Crippen LogP contribution in [-0.4, -0.2) is 14.5 Å². The second kappa shape index (κ2) is 5.29. The van der Waals surface area contributed by atoms with Crippen LogP contribution in [0.1, 0.15) is 20.8 Å². The molecule has 1 N–H and O–H groups in total. The lowest BCUT2D eigenvalue weighted by molar-refractivity contribution is 0.476. The number of halogens is 1. The van der Waals surface area contributed by atoms with Crippen molar-refractivity contribution in [3.63, 3.8) is 0 Å². The topological polar surface area (TPSA) is 46.2 Å². The van der Waals surface area contributed by atoms with Gasteiger partial charge in [0, 0.05) is 10.5 Å². The van der Waals surface area contributed by atoms with Crippen molar-refractivity contribution < 1.29 is 8.42 Å². The van der Waals surface area contributed by atoms with Gasteiger partial charge in [-0.1, -0.05) is 35.8 Å². The maximum atomic E-state index is 12.0. The number of hydrogen-bond acceptors (Lipinski definition) is 2. The second-order valence-electron chi connectivity index (χ2n) is 4.11. The van der Waals surface area contributed by atoms with E-state index in [-0.39, 0.29) is 16.9 Å². The van der Waals surface area contributed by atoms with Gasteiger partial charge in [-0.05, 0) is 31.0 Å². The van der Waals surface area contributed by atoms with Crippen molar-refractivity contribution in [2.75, 3.05) is 0 Å². The predicted molar refractivity (Wildman–Crippen MR) is 68.8 cm³/mol. The Kier molecular flexibility index (Phi) is 4.52. The molecular formula is C11H16BrNO2S. The summed E-state index contributed by atoms with van der Waals surface area (Å²) in [6.45, 7) is 5.82. The largest absolute Gasteiger partial charge is 0.240 e. The Labute approximate surface area is 105 Å². The molecule has 0 saturated heterocycles. The van der Waals surface area contributed by atoms with Gasteiger partial charge in [-0.2, -0.15) is 0 Å². The summed E-state index contributed by atoms with van der Waals surface area (Å²) in [5, 5.41) is 0. The van der Waals surface area contributed by atoms with Crippen LogP contribution < -0.4 is 4.72 Å². The first kappa shape index (κ1) is 13.7. The average molecular weight is 306 g/mol. The molecule has 16 heavy (non-hydrogen) atoms. The summed E-state index contributed by atoms with van der Waals surface area (Å²) in [5.41, 5.74) is 0. The number of benzene rings is 1. The summed E-state index contributed by atoms with van der Waals surface area (Å²) in [6, 6.07) is 6.60. The van der Waals surface area contributed by atoms with Gasteiger partial charge in [0.05, 0.1) is 4.90 Å². The molecule has 0 heterocycles. The molecule has 0 spiro atoms. The Hall–Kier alpha value is -0.390. The molecule has 1 rings (SSSR count). The number of rotatable bonds is 4. The highest BCUT2D eigenvalue weighted by Crippen LogP contribution is 2.16. The third-order valence-electron chi connectivity index (χ3n) is 2.45. The zero-order valence-electron chi connectivity index (χ0n) is 9.57. The van der Waals surface area contributed by atoms with Crippen LogP contribution >= 0.6 is 15.9 Å². The molecule has 0 bridgehead atoms. The van der Waals surface area contributed by atoms with Gasteiger partial charge in [0.2, 0.25) is 10.0 Å². The zero-order valence-corrected chi connectivity index (χ0v) is 12.0. The zero-order chi connectivity index (χ0) is 12.3. The molecule has 0 unspecified atom stereocenters. The second-order valence-corrected chi connectivity index (χ2v) is 6.74. The highest BCUT2D eigenvalue weighted by molar-refractivity contribution is 9.10. The molecule has 0 radical (unpaired) electrons. The number of sulfonamides is 1. The minimum atomic E-state index is -3.41. The fourth-order valence-corrected chi connectivity index (χ4v) is 3.07. The normalized spacial score (nSPS) is 14.1. The average Bonchev–Trinajstić information content (AvgIpc) is 2.17. The lowest BCUT2D eigenvalue weighted by Gasteiger charge is -2.17. The molecule has 0 amide bonds. The molecule has 0 saturated carbocycles. The molecular weight excluding hydrogens is 290 g/mol. The van der Waals surface area contributed by atoms with E-state index >= 15 is 0 Å². The van der Waals surface area contributed by atoms with E-state index < -0.39 is 10.0 Å². The fourth-order valence-electron chi connectivity index (χ4n) is 1.08. The molecule has 0 fully saturated rings. The van der Waals surface area contributed by atoms with Crippen LogP contribution in [0.15, 0.2) is 33.6 Å². The summed E-state index contributed by atoms with van der Waals surface area (Å²) < 4.78 is 27.3. The minimum Gasteiger partial charge on any atom is -0.208 e. The van der Waals surface area contributed by atoms with Crippen molar-refractivity contribution in [3.05, 3.63) is 28.7 Å². The number of nitrogens with one attached hydrogen (secondary N) is 1. The highest BCUT2D eigenvalue weighted by atomic mass is 79.9. The summed E-state index contributed by atoms with van der Waals surface area (Å²) in [6.07, 6.45) is 0. The Bertz CT molecular complexity index is 457. The van der Waals surface area contributed by atoms with Crippen molar-refractivity contribution >= 4 is 26.0 Å². The smallest absolute Gasteiger partial charge is 0.208 e. The van der Waals surface area contributed by atoms with Crippen molar-refractivity contribution in [2.45, 2.75) is 31.7 Å². The van der Waals surface area contributed by atoms with E-state index in [1.807, 2.05) is 20.8 Å². The molecule has 0 aliphatic rings. The maximum Gasteiger partial charge on any atom is 0.240 e. The van der Waals surface area contributed by atoms with Crippen molar-refractivity contribution in [3.8, 4) is 0 Å². The van der Waals surface area contributed by atoms with Crippen LogP contribution in [0.4, 0.5) is 0 Å². The Morgan fingerprint density at radius 1 is 1.25 bits per heavy atom. The van der Waals surface area contributed by atoms with Crippen LogP contribution in [-0.2, 0) is 10.0 Å². The molecule has 5 heteroatoms. The van der Waals surface area contributed by atoms with Crippen LogP contribution in [0.25, 0.3) is 0 Å². The van der Waals surface area contributed by atoms with Gasteiger partial charge in [0.15, 0.2) is 0 Å². The van der Waals surface area contributed by atoms with Gasteiger partial charge in [0.1, 0.15) is 0 Å². The third kappa shape index (κ3) is 3.57. The van der Waals surface area contributed by atoms with E-state index in [4.69, 9.17) is 0 Å². The Morgan fingerprint density at radius 3 is 2.38 bits per heavy atom. The summed E-state index contributed by atoms with van der Waals surface area (Å²) >= 11 is 3.26. The van der Waals surface area contributed by atoms with E-state index in [0.29, 0.717) is 0 Å². The summed E-state index contributed by atoms with van der Waals surface area (Å²) in [5.74, 6) is 0.266. The lowest BCUT2D eigenvalue weighted by atomic mass is 10.1. The SMILES string of the molecule is CC(C)[C@@H](C)NS(=O)(=O)c1cccc(Br)c1. The van der Waals surface area contributed by atoms with E-state index in [2.05, 4.69) is 20.7 Å². The molecule has 0 aliphatic carbocycles. The van der Waals surface area contributed by atoms with Crippen LogP contribution in [0.5, 0.6) is 0 Å². The Morgan fingerprint density at radius 2 is 1.88 bits per heavy atom. The monoisotopic (exact) mass is 305 g/mol. The van der Waals surface area contributed by atoms with Gasteiger partial charge < -0.3 is 0 Å². The molecule has 1 aromatic carbocycles. The molecule has 90 valence electrons. The first-order valence-electron chi connectivity index (χ1n) is 5.11. The molecule has 3 nitrogen and oxygen atoms in total. The van der Waals surface area contributed by atoms with Gasteiger partial charge >= 0.3 is 0 Å². The lowest BCUT2D eigenvalue weighted by Crippen LogP contribution is -2.36. The standard InChI is InChI=1S/C11H16BrNO2S/c1-8(2)9(3)13-16(14,15)11-6-4-5-10(12)7-11/h4-9,13H,1-3H3/t9-/m1/s1. The van der Waals surface area contributed by atoms with Gasteiger partial charge in [-0.15, -0.1) is 0 Å². The van der Waals surface area contributed by atoms with Gasteiger partial charge in [0.25, 0.3) is 0 Å². The third-order valence-corrected chi connectivity index (χ3v) is 4.50. The number of hydrogen-bond donors (Lipinski definition) is 1. The summed E-state index contributed by atoms with van der Waals surface area (Å²) in [4.78, 5) is 0.286. The van der Waals surface area contributed by atoms with Gasteiger partial charge in [-0.25, -0.2) is 13.1 Å². The van der Waals surface area contributed by atoms with E-state index in [9.17, 15) is 8.42 Å². The van der Waals surface area contributed by atoms with Crippen LogP contribution in [0, 0.1) is 5.92 Å². The van der Waals surface area contributed by atoms with Crippen LogP contribution in [0.3, 0.4) is 0 Å². The Balaban J connectivity index is 2.95. The van der Waals surface area contributed by atoms with E-state index in [0.717, 1.165) is 4.47 Å². The minimum absolute atomic E-state index is 0.0796. The first-order chi connectivity index (χ1) is 7.33. The molecule has 1 aromatic rings. The van der Waals surface area contributed by atoms with Crippen molar-refractivity contribution in [1.29, 1.82) is 0 Å². The highest BCUT2D eigenvalue weighted by Gasteiger charge is 2.18. The quantitative estimate of drug-likeness (QED) is 0.930. The molecule has 1 atom stereocenters. The van der Waals surface area contributed by atoms with Crippen molar-refractivity contribution in [2.24, 2.45) is 5.92 Å². The van der Waals surface area contributed by atoms with E-state index in [1.165, 1.54) is 0 Å². The van der Waals surface area contributed by atoms with Crippen molar-refractivity contribution in [1.82, 2.24) is 4.72 Å². The molecule has 0 aromatic heterocycles. The first-order valence-corrected chi connectivity index (χ1v) is 7.38. The molecule has 0 aliphatic heterocycles. The van der Waals surface area contributed by atoms with Crippen LogP contribution in [0.2, 0.25) is 0 Å². The predicted octanol–water partition coefficient (Wildman–Crippen LogP) is 2.77.